The molecule has 1 saturated heterocycles. The number of nitrogens with zero attached hydrogens (tertiary/aromatic N) is 3. The minimum Gasteiger partial charge on any atom is -0.491 e. The third-order valence-corrected chi connectivity index (χ3v) is 5.31. The third kappa shape index (κ3) is 5.25. The number of likely N-dealkylation sites (tertiary alicyclic amines) is 1. The van der Waals surface area contributed by atoms with Crippen molar-refractivity contribution in [2.24, 2.45) is 4.99 Å². The van der Waals surface area contributed by atoms with Gasteiger partial charge in [0.15, 0.2) is 5.96 Å². The zero-order valence-electron chi connectivity index (χ0n) is 17.0. The second-order valence-corrected chi connectivity index (χ2v) is 7.59. The summed E-state index contributed by atoms with van der Waals surface area (Å²) < 4.78 is 6.02. The minimum atomic E-state index is 0.462. The van der Waals surface area contributed by atoms with Crippen LogP contribution in [0.4, 0.5) is 0 Å². The van der Waals surface area contributed by atoms with Crippen molar-refractivity contribution in [3.8, 4) is 5.75 Å². The molecule has 0 spiro atoms. The Hall–Kier alpha value is -2.01. The second kappa shape index (κ2) is 9.79. The van der Waals surface area contributed by atoms with Gasteiger partial charge in [-0.05, 0) is 30.9 Å². The van der Waals surface area contributed by atoms with Crippen LogP contribution in [-0.2, 0) is 0 Å². The summed E-state index contributed by atoms with van der Waals surface area (Å²) in [5.41, 5.74) is 1.26. The highest BCUT2D eigenvalue weighted by molar-refractivity contribution is 5.80. The predicted octanol–water partition coefficient (Wildman–Crippen LogP) is 3.10. The molecule has 27 heavy (non-hydrogen) atoms. The van der Waals surface area contributed by atoms with Crippen molar-refractivity contribution in [2.45, 2.75) is 39.2 Å². The van der Waals surface area contributed by atoms with E-state index in [-0.39, 0.29) is 0 Å². The summed E-state index contributed by atoms with van der Waals surface area (Å²) >= 11 is 0. The number of benzene rings is 1. The van der Waals surface area contributed by atoms with Gasteiger partial charge < -0.3 is 15.0 Å². The summed E-state index contributed by atoms with van der Waals surface area (Å²) in [6.07, 6.45) is 5.76. The van der Waals surface area contributed by atoms with E-state index in [1.165, 1.54) is 12.0 Å². The third-order valence-electron chi connectivity index (χ3n) is 5.31. The molecule has 2 aliphatic heterocycles. The summed E-state index contributed by atoms with van der Waals surface area (Å²) in [5, 5.41) is 3.45. The molecule has 148 valence electrons. The van der Waals surface area contributed by atoms with Gasteiger partial charge in [-0.25, -0.2) is 4.99 Å². The van der Waals surface area contributed by atoms with Crippen molar-refractivity contribution in [2.75, 3.05) is 45.9 Å². The molecular formula is C22H34N4O. The van der Waals surface area contributed by atoms with Gasteiger partial charge in [-0.2, -0.15) is 0 Å². The monoisotopic (exact) mass is 370 g/mol. The highest BCUT2D eigenvalue weighted by Crippen LogP contribution is 2.25. The maximum absolute atomic E-state index is 6.02. The summed E-state index contributed by atoms with van der Waals surface area (Å²) in [5.74, 6) is 2.46. The fourth-order valence-corrected chi connectivity index (χ4v) is 3.85. The smallest absolute Gasteiger partial charge is 0.194 e. The number of rotatable bonds is 7. The fraction of sp³-hybridized carbons (Fsp3) is 0.591. The molecule has 0 aromatic heterocycles. The second-order valence-electron chi connectivity index (χ2n) is 7.59. The van der Waals surface area contributed by atoms with Crippen molar-refractivity contribution in [3.63, 3.8) is 0 Å². The van der Waals surface area contributed by atoms with Crippen LogP contribution in [0.5, 0.6) is 5.75 Å². The van der Waals surface area contributed by atoms with E-state index in [0.717, 1.165) is 44.4 Å². The van der Waals surface area contributed by atoms with E-state index in [9.17, 15) is 0 Å². The lowest BCUT2D eigenvalue weighted by Crippen LogP contribution is -2.43. The first kappa shape index (κ1) is 19.7. The molecule has 2 heterocycles. The Balaban J connectivity index is 1.52. The van der Waals surface area contributed by atoms with Gasteiger partial charge in [0.2, 0.25) is 0 Å². The van der Waals surface area contributed by atoms with E-state index in [2.05, 4.69) is 66.2 Å². The molecule has 0 amide bonds. The molecule has 0 radical (unpaired) electrons. The lowest BCUT2D eigenvalue weighted by atomic mass is 10.0. The molecule has 2 aliphatic rings. The van der Waals surface area contributed by atoms with Crippen LogP contribution in [0, 0.1) is 0 Å². The van der Waals surface area contributed by atoms with Crippen molar-refractivity contribution >= 4 is 5.96 Å². The molecular weight excluding hydrogens is 336 g/mol. The van der Waals surface area contributed by atoms with E-state index in [1.807, 2.05) is 6.07 Å². The lowest BCUT2D eigenvalue weighted by Gasteiger charge is -2.25. The van der Waals surface area contributed by atoms with Crippen molar-refractivity contribution in [1.82, 2.24) is 15.1 Å². The minimum absolute atomic E-state index is 0.462. The molecule has 3 rings (SSSR count). The highest BCUT2D eigenvalue weighted by Gasteiger charge is 2.29. The molecule has 1 unspecified atom stereocenters. The highest BCUT2D eigenvalue weighted by atomic mass is 16.5. The number of nitrogens with one attached hydrogen (secondary N) is 1. The molecule has 0 aliphatic carbocycles. The quantitative estimate of drug-likeness (QED) is 0.347. The van der Waals surface area contributed by atoms with Gasteiger partial charge in [0.1, 0.15) is 12.4 Å². The fourth-order valence-electron chi connectivity index (χ4n) is 3.85. The Kier molecular flexibility index (Phi) is 7.16. The van der Waals surface area contributed by atoms with Crippen LogP contribution in [0.25, 0.3) is 0 Å². The SMILES string of the molecule is CCNC(=NCCOc1ccccc1C(C)C)N1CCC(N2CC=CC2)C1. The number of aliphatic imine (C=N–C) groups is 1. The Labute approximate surface area is 164 Å². The molecule has 5 heteroatoms. The maximum Gasteiger partial charge on any atom is 0.194 e. The van der Waals surface area contributed by atoms with Crippen LogP contribution < -0.4 is 10.1 Å². The van der Waals surface area contributed by atoms with Crippen molar-refractivity contribution in [1.29, 1.82) is 0 Å². The van der Waals surface area contributed by atoms with Crippen LogP contribution in [0.2, 0.25) is 0 Å². The van der Waals surface area contributed by atoms with E-state index in [4.69, 9.17) is 9.73 Å². The van der Waals surface area contributed by atoms with E-state index in [1.54, 1.807) is 0 Å². The van der Waals surface area contributed by atoms with Gasteiger partial charge in [-0.15, -0.1) is 0 Å². The zero-order chi connectivity index (χ0) is 19.1. The van der Waals surface area contributed by atoms with E-state index in [0.29, 0.717) is 25.1 Å². The Morgan fingerprint density at radius 3 is 2.78 bits per heavy atom. The molecule has 0 bridgehead atoms. The molecule has 1 aromatic rings. The molecule has 0 saturated carbocycles. The summed E-state index contributed by atoms with van der Waals surface area (Å²) in [4.78, 5) is 9.77. The van der Waals surface area contributed by atoms with Gasteiger partial charge >= 0.3 is 0 Å². The number of hydrogen-bond donors (Lipinski definition) is 1. The van der Waals surface area contributed by atoms with Gasteiger partial charge in [0.05, 0.1) is 6.54 Å². The standard InChI is InChI=1S/C22H34N4O/c1-4-23-22(26-15-11-19(17-26)25-13-7-8-14-25)24-12-16-27-21-10-6-5-9-20(21)18(2)3/h5-10,18-19H,4,11-17H2,1-3H3,(H,23,24). The van der Waals surface area contributed by atoms with Crippen molar-refractivity contribution in [3.05, 3.63) is 42.0 Å². The average Bonchev–Trinajstić information content (AvgIpc) is 3.36. The molecule has 1 fully saturated rings. The summed E-state index contributed by atoms with van der Waals surface area (Å²) in [7, 11) is 0. The van der Waals surface area contributed by atoms with Crippen LogP contribution >= 0.6 is 0 Å². The number of guanidine groups is 1. The predicted molar refractivity (Wildman–Crippen MR) is 113 cm³/mol. The first-order valence-corrected chi connectivity index (χ1v) is 10.3. The summed E-state index contributed by atoms with van der Waals surface area (Å²) in [6.45, 7) is 13.0. The number of ether oxygens (including phenoxy) is 1. The number of para-hydroxylation sites is 1. The average molecular weight is 371 g/mol. The largest absolute Gasteiger partial charge is 0.491 e. The molecule has 1 N–H and O–H groups in total. The first-order valence-electron chi connectivity index (χ1n) is 10.3. The Morgan fingerprint density at radius 2 is 2.04 bits per heavy atom. The van der Waals surface area contributed by atoms with E-state index < -0.39 is 0 Å². The first-order chi connectivity index (χ1) is 13.2. The maximum atomic E-state index is 6.02. The topological polar surface area (TPSA) is 40.1 Å². The normalized spacial score (nSPS) is 20.7. The van der Waals surface area contributed by atoms with Gasteiger partial charge in [0, 0.05) is 38.8 Å². The van der Waals surface area contributed by atoms with E-state index >= 15 is 0 Å². The van der Waals surface area contributed by atoms with Crippen LogP contribution in [0.15, 0.2) is 41.4 Å². The van der Waals surface area contributed by atoms with Crippen molar-refractivity contribution < 1.29 is 4.74 Å². The van der Waals surface area contributed by atoms with Gasteiger partial charge in [-0.3, -0.25) is 4.90 Å². The Bertz CT molecular complexity index is 647. The number of hydrogen-bond acceptors (Lipinski definition) is 3. The van der Waals surface area contributed by atoms with Crippen LogP contribution in [-0.4, -0.2) is 67.7 Å². The van der Waals surface area contributed by atoms with Gasteiger partial charge in [0.25, 0.3) is 0 Å². The van der Waals surface area contributed by atoms with Crippen LogP contribution in [0.1, 0.15) is 38.7 Å². The molecule has 1 aromatic carbocycles. The van der Waals surface area contributed by atoms with Gasteiger partial charge in [-0.1, -0.05) is 44.2 Å². The summed E-state index contributed by atoms with van der Waals surface area (Å²) in [6, 6.07) is 8.94. The zero-order valence-corrected chi connectivity index (χ0v) is 17.0. The molecule has 5 nitrogen and oxygen atoms in total. The van der Waals surface area contributed by atoms with Crippen LogP contribution in [0.3, 0.4) is 0 Å². The molecule has 1 atom stereocenters. The lowest BCUT2D eigenvalue weighted by molar-refractivity contribution is 0.259. The Morgan fingerprint density at radius 1 is 1.26 bits per heavy atom.